The van der Waals surface area contributed by atoms with Crippen molar-refractivity contribution in [1.82, 2.24) is 5.32 Å². The molecule has 0 saturated heterocycles. The van der Waals surface area contributed by atoms with E-state index in [2.05, 4.69) is 5.32 Å². The molecule has 0 spiro atoms. The zero-order valence-corrected chi connectivity index (χ0v) is 15.2. The predicted octanol–water partition coefficient (Wildman–Crippen LogP) is 3.84. The molecule has 0 aliphatic rings. The van der Waals surface area contributed by atoms with Crippen molar-refractivity contribution >= 4 is 17.5 Å². The largest absolute Gasteiger partial charge is 0.482 e. The van der Waals surface area contributed by atoms with Gasteiger partial charge < -0.3 is 14.5 Å². The Morgan fingerprint density at radius 1 is 1.04 bits per heavy atom. The Balaban J connectivity index is 1.54. The van der Waals surface area contributed by atoms with Gasteiger partial charge in [-0.2, -0.15) is 0 Å². The molecule has 0 saturated carbocycles. The maximum atomic E-state index is 12.1. The van der Waals surface area contributed by atoms with Crippen molar-refractivity contribution in [3.63, 3.8) is 0 Å². The third-order valence-corrected chi connectivity index (χ3v) is 4.12. The lowest BCUT2D eigenvalue weighted by molar-refractivity contribution is 0.0923. The smallest absolute Gasteiger partial charge is 0.287 e. The van der Waals surface area contributed by atoms with Gasteiger partial charge in [-0.3, -0.25) is 9.59 Å². The normalized spacial score (nSPS) is 10.4. The molecule has 0 radical (unpaired) electrons. The summed E-state index contributed by atoms with van der Waals surface area (Å²) < 4.78 is 10.7. The van der Waals surface area contributed by atoms with Crippen LogP contribution in [0.2, 0.25) is 5.02 Å². The van der Waals surface area contributed by atoms with Gasteiger partial charge in [0, 0.05) is 17.6 Å². The number of nitrogens with one attached hydrogen (secondary N) is 1. The van der Waals surface area contributed by atoms with E-state index < -0.39 is 11.3 Å². The Bertz CT molecular complexity index is 952. The van der Waals surface area contributed by atoms with Gasteiger partial charge in [-0.1, -0.05) is 54.1 Å². The van der Waals surface area contributed by atoms with Crippen LogP contribution in [0.15, 0.2) is 76.1 Å². The van der Waals surface area contributed by atoms with E-state index in [1.54, 1.807) is 24.3 Å². The minimum Gasteiger partial charge on any atom is -0.482 e. The van der Waals surface area contributed by atoms with E-state index in [-0.39, 0.29) is 18.1 Å². The minimum absolute atomic E-state index is 0.0470. The molecular formula is C21H18ClNO4. The van der Waals surface area contributed by atoms with E-state index in [1.165, 1.54) is 0 Å². The Morgan fingerprint density at radius 2 is 1.78 bits per heavy atom. The maximum absolute atomic E-state index is 12.1. The van der Waals surface area contributed by atoms with Crippen LogP contribution >= 0.6 is 11.6 Å². The summed E-state index contributed by atoms with van der Waals surface area (Å²) >= 11 is 5.83. The second kappa shape index (κ2) is 9.05. The standard InChI is InChI=1S/C21H18ClNO4/c22-17-8-6-16(7-9-17)13-26-20-14-27-19(12-18(20)24)21(25)23-11-10-15-4-2-1-3-5-15/h1-9,12,14H,10-11,13H2,(H,23,25). The molecule has 2 aromatic carbocycles. The molecular weight excluding hydrogens is 366 g/mol. The fourth-order valence-corrected chi connectivity index (χ4v) is 2.54. The summed E-state index contributed by atoms with van der Waals surface area (Å²) in [4.78, 5) is 24.2. The van der Waals surface area contributed by atoms with Crippen molar-refractivity contribution in [1.29, 1.82) is 0 Å². The van der Waals surface area contributed by atoms with Crippen LogP contribution in [-0.4, -0.2) is 12.5 Å². The molecule has 0 aliphatic heterocycles. The van der Waals surface area contributed by atoms with Gasteiger partial charge in [0.15, 0.2) is 5.76 Å². The zero-order valence-electron chi connectivity index (χ0n) is 14.5. The number of benzene rings is 2. The van der Waals surface area contributed by atoms with Gasteiger partial charge in [0.05, 0.1) is 0 Å². The summed E-state index contributed by atoms with van der Waals surface area (Å²) in [5, 5.41) is 3.36. The Morgan fingerprint density at radius 3 is 2.48 bits per heavy atom. The topological polar surface area (TPSA) is 68.5 Å². The number of hydrogen-bond acceptors (Lipinski definition) is 4. The summed E-state index contributed by atoms with van der Waals surface area (Å²) in [6.45, 7) is 0.645. The lowest BCUT2D eigenvalue weighted by Gasteiger charge is -2.07. The molecule has 0 aliphatic carbocycles. The van der Waals surface area contributed by atoms with Gasteiger partial charge in [0.2, 0.25) is 11.2 Å². The second-order valence-corrected chi connectivity index (χ2v) is 6.32. The highest BCUT2D eigenvalue weighted by molar-refractivity contribution is 6.30. The summed E-state index contributed by atoms with van der Waals surface area (Å²) in [5.74, 6) is -0.440. The van der Waals surface area contributed by atoms with Crippen LogP contribution in [0.25, 0.3) is 0 Å². The molecule has 1 heterocycles. The molecule has 6 heteroatoms. The highest BCUT2D eigenvalue weighted by Crippen LogP contribution is 2.12. The van der Waals surface area contributed by atoms with E-state index in [1.807, 2.05) is 30.3 Å². The molecule has 0 atom stereocenters. The number of hydrogen-bond donors (Lipinski definition) is 1. The minimum atomic E-state index is -0.438. The van der Waals surface area contributed by atoms with Crippen molar-refractivity contribution < 1.29 is 13.9 Å². The SMILES string of the molecule is O=C(NCCc1ccccc1)c1cc(=O)c(OCc2ccc(Cl)cc2)co1. The zero-order chi connectivity index (χ0) is 19.1. The number of carbonyl (C=O) groups is 1. The van der Waals surface area contributed by atoms with Crippen molar-refractivity contribution in [3.05, 3.63) is 99.1 Å². The average molecular weight is 384 g/mol. The summed E-state index contributed by atoms with van der Waals surface area (Å²) in [6, 6.07) is 18.0. The third-order valence-electron chi connectivity index (χ3n) is 3.87. The van der Waals surface area contributed by atoms with Crippen LogP contribution in [0.1, 0.15) is 21.7 Å². The first-order valence-corrected chi connectivity index (χ1v) is 8.82. The lowest BCUT2D eigenvalue weighted by Crippen LogP contribution is -2.26. The molecule has 1 N–H and O–H groups in total. The highest BCUT2D eigenvalue weighted by Gasteiger charge is 2.12. The first kappa shape index (κ1) is 18.7. The van der Waals surface area contributed by atoms with Crippen molar-refractivity contribution in [3.8, 4) is 5.75 Å². The van der Waals surface area contributed by atoms with Crippen LogP contribution in [0, 0.1) is 0 Å². The molecule has 27 heavy (non-hydrogen) atoms. The number of carbonyl (C=O) groups excluding carboxylic acids is 1. The molecule has 3 rings (SSSR count). The lowest BCUT2D eigenvalue weighted by atomic mass is 10.1. The molecule has 0 bridgehead atoms. The number of rotatable bonds is 7. The fourth-order valence-electron chi connectivity index (χ4n) is 2.42. The quantitative estimate of drug-likeness (QED) is 0.673. The maximum Gasteiger partial charge on any atom is 0.287 e. The number of halogens is 1. The molecule has 5 nitrogen and oxygen atoms in total. The van der Waals surface area contributed by atoms with Crippen molar-refractivity contribution in [2.45, 2.75) is 13.0 Å². The van der Waals surface area contributed by atoms with Gasteiger partial charge in [-0.15, -0.1) is 0 Å². The van der Waals surface area contributed by atoms with Gasteiger partial charge in [-0.05, 0) is 29.7 Å². The Kier molecular flexibility index (Phi) is 6.28. The van der Waals surface area contributed by atoms with E-state index in [0.29, 0.717) is 18.0 Å². The van der Waals surface area contributed by atoms with Crippen LogP contribution in [0.4, 0.5) is 0 Å². The number of amides is 1. The summed E-state index contributed by atoms with van der Waals surface area (Å²) in [7, 11) is 0. The first-order valence-electron chi connectivity index (χ1n) is 8.44. The Hall–Kier alpha value is -3.05. The van der Waals surface area contributed by atoms with Crippen molar-refractivity contribution in [2.75, 3.05) is 6.54 Å². The van der Waals surface area contributed by atoms with E-state index >= 15 is 0 Å². The average Bonchev–Trinajstić information content (AvgIpc) is 2.69. The third kappa shape index (κ3) is 5.46. The van der Waals surface area contributed by atoms with Gasteiger partial charge in [0.1, 0.15) is 12.9 Å². The summed E-state index contributed by atoms with van der Waals surface area (Å²) in [6.07, 6.45) is 1.85. The van der Waals surface area contributed by atoms with Gasteiger partial charge in [0.25, 0.3) is 5.91 Å². The van der Waals surface area contributed by atoms with Crippen LogP contribution in [0.3, 0.4) is 0 Å². The van der Waals surface area contributed by atoms with E-state index in [0.717, 1.165) is 23.5 Å². The van der Waals surface area contributed by atoms with Crippen LogP contribution < -0.4 is 15.5 Å². The van der Waals surface area contributed by atoms with Crippen molar-refractivity contribution in [2.24, 2.45) is 0 Å². The molecule has 3 aromatic rings. The molecule has 0 fully saturated rings. The first-order chi connectivity index (χ1) is 13.1. The second-order valence-electron chi connectivity index (χ2n) is 5.88. The predicted molar refractivity (Wildman–Crippen MR) is 103 cm³/mol. The van der Waals surface area contributed by atoms with Crippen LogP contribution in [0.5, 0.6) is 5.75 Å². The number of ether oxygens (including phenoxy) is 1. The van der Waals surface area contributed by atoms with Crippen LogP contribution in [-0.2, 0) is 13.0 Å². The summed E-state index contributed by atoms with van der Waals surface area (Å²) in [5.41, 5.74) is 1.56. The molecule has 0 unspecified atom stereocenters. The molecule has 138 valence electrons. The molecule has 1 amide bonds. The Labute approximate surface area is 161 Å². The molecule has 1 aromatic heterocycles. The fraction of sp³-hybridized carbons (Fsp3) is 0.143. The van der Waals surface area contributed by atoms with E-state index in [4.69, 9.17) is 20.8 Å². The monoisotopic (exact) mass is 383 g/mol. The van der Waals surface area contributed by atoms with Gasteiger partial charge >= 0.3 is 0 Å². The van der Waals surface area contributed by atoms with E-state index in [9.17, 15) is 9.59 Å². The van der Waals surface area contributed by atoms with Gasteiger partial charge in [-0.25, -0.2) is 0 Å². The highest BCUT2D eigenvalue weighted by atomic mass is 35.5.